The third-order valence-corrected chi connectivity index (χ3v) is 3.80. The van der Waals surface area contributed by atoms with E-state index in [4.69, 9.17) is 4.74 Å². The van der Waals surface area contributed by atoms with Gasteiger partial charge in [-0.05, 0) is 31.2 Å². The molecule has 0 aromatic heterocycles. The smallest absolute Gasteiger partial charge is 0.0897 e. The van der Waals surface area contributed by atoms with Crippen molar-refractivity contribution in [3.63, 3.8) is 0 Å². The maximum absolute atomic E-state index is 9.86. The van der Waals surface area contributed by atoms with Gasteiger partial charge in [-0.15, -0.1) is 0 Å². The fourth-order valence-corrected chi connectivity index (χ4v) is 2.69. The van der Waals surface area contributed by atoms with Gasteiger partial charge in [-0.2, -0.15) is 0 Å². The quantitative estimate of drug-likeness (QED) is 0.702. The van der Waals surface area contributed by atoms with E-state index >= 15 is 0 Å². The first-order valence-corrected chi connectivity index (χ1v) is 7.63. The molecule has 3 heteroatoms. The molecular formula is C15H31NO2. The second-order valence-electron chi connectivity index (χ2n) is 6.03. The Morgan fingerprint density at radius 2 is 1.94 bits per heavy atom. The second kappa shape index (κ2) is 8.89. The molecule has 1 rings (SSSR count). The molecule has 0 aromatic carbocycles. The molecule has 0 radical (unpaired) electrons. The number of ether oxygens (including phenoxy) is 1. The lowest BCUT2D eigenvalue weighted by molar-refractivity contribution is -0.0499. The minimum absolute atomic E-state index is 0.372. The summed E-state index contributed by atoms with van der Waals surface area (Å²) in [5, 5.41) is 13.1. The van der Waals surface area contributed by atoms with Crippen molar-refractivity contribution in [1.29, 1.82) is 0 Å². The average molecular weight is 257 g/mol. The molecule has 0 aromatic rings. The van der Waals surface area contributed by atoms with Crippen molar-refractivity contribution in [2.75, 3.05) is 19.7 Å². The van der Waals surface area contributed by atoms with Crippen LogP contribution in [0.3, 0.4) is 0 Å². The van der Waals surface area contributed by atoms with Crippen molar-refractivity contribution in [2.45, 2.75) is 65.1 Å². The first-order valence-electron chi connectivity index (χ1n) is 7.63. The highest BCUT2D eigenvalue weighted by Crippen LogP contribution is 2.29. The first-order chi connectivity index (χ1) is 8.63. The zero-order valence-electron chi connectivity index (χ0n) is 12.3. The fourth-order valence-electron chi connectivity index (χ4n) is 2.69. The minimum atomic E-state index is -0.372. The number of aliphatic hydroxyl groups is 1. The zero-order valence-corrected chi connectivity index (χ0v) is 12.3. The number of hydrogen-bond acceptors (Lipinski definition) is 3. The van der Waals surface area contributed by atoms with E-state index in [0.29, 0.717) is 31.1 Å². The summed E-state index contributed by atoms with van der Waals surface area (Å²) in [6.07, 6.45) is 6.30. The van der Waals surface area contributed by atoms with Crippen LogP contribution in [0.1, 0.15) is 52.9 Å². The Labute approximate surface area is 112 Å². The van der Waals surface area contributed by atoms with Gasteiger partial charge in [0.1, 0.15) is 0 Å². The molecule has 0 aliphatic heterocycles. The molecule has 0 unspecified atom stereocenters. The lowest BCUT2D eigenvalue weighted by Crippen LogP contribution is -2.36. The van der Waals surface area contributed by atoms with Crippen molar-refractivity contribution < 1.29 is 9.84 Å². The predicted molar refractivity (Wildman–Crippen MR) is 75.7 cm³/mol. The summed E-state index contributed by atoms with van der Waals surface area (Å²) in [6, 6.07) is 0. The third kappa shape index (κ3) is 6.17. The highest BCUT2D eigenvalue weighted by molar-refractivity contribution is 4.75. The van der Waals surface area contributed by atoms with Crippen LogP contribution in [0.15, 0.2) is 0 Å². The maximum Gasteiger partial charge on any atom is 0.0897 e. The van der Waals surface area contributed by atoms with Crippen LogP contribution in [0.25, 0.3) is 0 Å². The lowest BCUT2D eigenvalue weighted by atomic mass is 9.85. The SMILES string of the molecule is CC[C@H]1CCCC[C@@H]1OC[C@@H](O)CNCC(C)C. The number of nitrogens with one attached hydrogen (secondary N) is 1. The van der Waals surface area contributed by atoms with Crippen LogP contribution in [-0.2, 0) is 4.74 Å². The molecule has 0 saturated heterocycles. The number of aliphatic hydroxyl groups excluding tert-OH is 1. The van der Waals surface area contributed by atoms with Gasteiger partial charge in [-0.3, -0.25) is 0 Å². The Kier molecular flexibility index (Phi) is 7.87. The molecule has 1 saturated carbocycles. The Hall–Kier alpha value is -0.120. The van der Waals surface area contributed by atoms with E-state index in [1.807, 2.05) is 0 Å². The molecule has 0 spiro atoms. The van der Waals surface area contributed by atoms with Gasteiger partial charge in [0.15, 0.2) is 0 Å². The van der Waals surface area contributed by atoms with Crippen molar-refractivity contribution in [3.8, 4) is 0 Å². The van der Waals surface area contributed by atoms with E-state index in [9.17, 15) is 5.11 Å². The van der Waals surface area contributed by atoms with Gasteiger partial charge in [0.2, 0.25) is 0 Å². The number of rotatable bonds is 8. The Morgan fingerprint density at radius 3 is 2.61 bits per heavy atom. The van der Waals surface area contributed by atoms with E-state index < -0.39 is 0 Å². The highest BCUT2D eigenvalue weighted by Gasteiger charge is 2.24. The van der Waals surface area contributed by atoms with Crippen molar-refractivity contribution >= 4 is 0 Å². The Bertz CT molecular complexity index is 209. The molecule has 1 aliphatic carbocycles. The van der Waals surface area contributed by atoms with Gasteiger partial charge < -0.3 is 15.2 Å². The van der Waals surface area contributed by atoms with E-state index in [1.54, 1.807) is 0 Å². The van der Waals surface area contributed by atoms with Crippen molar-refractivity contribution in [3.05, 3.63) is 0 Å². The van der Waals surface area contributed by atoms with Crippen LogP contribution >= 0.6 is 0 Å². The molecule has 3 atom stereocenters. The highest BCUT2D eigenvalue weighted by atomic mass is 16.5. The fraction of sp³-hybridized carbons (Fsp3) is 1.00. The van der Waals surface area contributed by atoms with Gasteiger partial charge in [0.05, 0.1) is 18.8 Å². The second-order valence-corrected chi connectivity index (χ2v) is 6.03. The first kappa shape index (κ1) is 15.9. The lowest BCUT2D eigenvalue weighted by Gasteiger charge is -2.31. The van der Waals surface area contributed by atoms with E-state index in [-0.39, 0.29) is 6.10 Å². The Balaban J connectivity index is 2.14. The van der Waals surface area contributed by atoms with Crippen LogP contribution in [0.4, 0.5) is 0 Å². The monoisotopic (exact) mass is 257 g/mol. The third-order valence-electron chi connectivity index (χ3n) is 3.80. The molecule has 1 fully saturated rings. The summed E-state index contributed by atoms with van der Waals surface area (Å²) >= 11 is 0. The summed E-state index contributed by atoms with van der Waals surface area (Å²) in [4.78, 5) is 0. The van der Waals surface area contributed by atoms with Crippen molar-refractivity contribution in [2.24, 2.45) is 11.8 Å². The summed E-state index contributed by atoms with van der Waals surface area (Å²) in [5.74, 6) is 1.33. The molecule has 108 valence electrons. The summed E-state index contributed by atoms with van der Waals surface area (Å²) in [5.41, 5.74) is 0. The molecule has 0 amide bonds. The van der Waals surface area contributed by atoms with Crippen LogP contribution in [0.5, 0.6) is 0 Å². The maximum atomic E-state index is 9.86. The topological polar surface area (TPSA) is 41.5 Å². The molecule has 0 heterocycles. The number of hydrogen-bond donors (Lipinski definition) is 2. The van der Waals surface area contributed by atoms with E-state index in [0.717, 1.165) is 6.54 Å². The predicted octanol–water partition coefficient (Wildman–Crippen LogP) is 2.58. The van der Waals surface area contributed by atoms with Crippen LogP contribution in [-0.4, -0.2) is 37.0 Å². The van der Waals surface area contributed by atoms with Crippen LogP contribution in [0.2, 0.25) is 0 Å². The standard InChI is InChI=1S/C15H31NO2/c1-4-13-7-5-6-8-15(13)18-11-14(17)10-16-9-12(2)3/h12-17H,4-11H2,1-3H3/t13-,14-,15-/m0/s1. The average Bonchev–Trinajstić information content (AvgIpc) is 2.36. The van der Waals surface area contributed by atoms with Crippen molar-refractivity contribution in [1.82, 2.24) is 5.32 Å². The molecule has 18 heavy (non-hydrogen) atoms. The summed E-state index contributed by atoms with van der Waals surface area (Å²) < 4.78 is 5.92. The van der Waals surface area contributed by atoms with E-state index in [1.165, 1.54) is 32.1 Å². The molecule has 1 aliphatic rings. The van der Waals surface area contributed by atoms with Gasteiger partial charge in [-0.25, -0.2) is 0 Å². The summed E-state index contributed by atoms with van der Waals surface area (Å²) in [7, 11) is 0. The largest absolute Gasteiger partial charge is 0.389 e. The van der Waals surface area contributed by atoms with Gasteiger partial charge in [0, 0.05) is 6.54 Å². The van der Waals surface area contributed by atoms with Crippen LogP contribution in [0, 0.1) is 11.8 Å². The minimum Gasteiger partial charge on any atom is -0.389 e. The Morgan fingerprint density at radius 1 is 1.22 bits per heavy atom. The molecule has 0 bridgehead atoms. The molecule has 2 N–H and O–H groups in total. The van der Waals surface area contributed by atoms with Gasteiger partial charge in [0.25, 0.3) is 0 Å². The van der Waals surface area contributed by atoms with Gasteiger partial charge >= 0.3 is 0 Å². The van der Waals surface area contributed by atoms with E-state index in [2.05, 4.69) is 26.1 Å². The summed E-state index contributed by atoms with van der Waals surface area (Å²) in [6.45, 7) is 8.66. The zero-order chi connectivity index (χ0) is 13.4. The normalized spacial score (nSPS) is 26.5. The van der Waals surface area contributed by atoms with Gasteiger partial charge in [-0.1, -0.05) is 40.0 Å². The van der Waals surface area contributed by atoms with Crippen LogP contribution < -0.4 is 5.32 Å². The molecule has 3 nitrogen and oxygen atoms in total. The molecular weight excluding hydrogens is 226 g/mol.